The second-order valence-electron chi connectivity index (χ2n) is 6.68. The molecule has 124 valence electrons. The molecule has 2 heterocycles. The number of thiazole rings is 1. The van der Waals surface area contributed by atoms with Crippen LogP contribution in [0.2, 0.25) is 0 Å². The normalized spacial score (nSPS) is 17.5. The fraction of sp³-hybridized carbons (Fsp3) is 0.733. The lowest BCUT2D eigenvalue weighted by Gasteiger charge is -2.31. The van der Waals surface area contributed by atoms with E-state index in [2.05, 4.69) is 15.2 Å². The smallest absolute Gasteiger partial charge is 0.407 e. The van der Waals surface area contributed by atoms with E-state index in [1.807, 2.05) is 27.0 Å². The van der Waals surface area contributed by atoms with Gasteiger partial charge in [-0.25, -0.2) is 9.78 Å². The summed E-state index contributed by atoms with van der Waals surface area (Å²) < 4.78 is 5.48. The SMILES string of the molecule is CC(C)(C)NC(=O)OC1CCN(Cc2ncc(CN)s2)CC1. The number of rotatable bonds is 4. The Kier molecular flexibility index (Phi) is 5.77. The van der Waals surface area contributed by atoms with Crippen molar-refractivity contribution in [1.29, 1.82) is 0 Å². The number of aromatic nitrogens is 1. The molecule has 1 saturated heterocycles. The number of hydrogen-bond acceptors (Lipinski definition) is 6. The topological polar surface area (TPSA) is 80.5 Å². The highest BCUT2D eigenvalue weighted by Gasteiger charge is 2.24. The highest BCUT2D eigenvalue weighted by Crippen LogP contribution is 2.19. The molecule has 0 saturated carbocycles. The first-order valence-electron chi connectivity index (χ1n) is 7.70. The monoisotopic (exact) mass is 326 g/mol. The minimum absolute atomic E-state index is 0.00879. The minimum atomic E-state index is -0.321. The molecule has 1 amide bonds. The molecule has 0 atom stereocenters. The van der Waals surface area contributed by atoms with Gasteiger partial charge in [-0.3, -0.25) is 4.90 Å². The number of alkyl carbamates (subject to hydrolysis) is 1. The van der Waals surface area contributed by atoms with Crippen LogP contribution in [0.15, 0.2) is 6.20 Å². The van der Waals surface area contributed by atoms with Crippen molar-refractivity contribution in [2.45, 2.75) is 58.3 Å². The van der Waals surface area contributed by atoms with Crippen LogP contribution < -0.4 is 11.1 Å². The molecular formula is C15H26N4O2S. The third-order valence-corrected chi connectivity index (χ3v) is 4.45. The van der Waals surface area contributed by atoms with Crippen molar-refractivity contribution in [1.82, 2.24) is 15.2 Å². The lowest BCUT2D eigenvalue weighted by atomic mass is 10.1. The molecule has 0 spiro atoms. The van der Waals surface area contributed by atoms with Crippen LogP contribution in [-0.2, 0) is 17.8 Å². The maximum Gasteiger partial charge on any atom is 0.407 e. The number of carbonyl (C=O) groups excluding carboxylic acids is 1. The Balaban J connectivity index is 1.72. The summed E-state index contributed by atoms with van der Waals surface area (Å²) in [5.74, 6) is 0. The molecule has 6 nitrogen and oxygen atoms in total. The molecule has 1 aliphatic heterocycles. The highest BCUT2D eigenvalue weighted by molar-refractivity contribution is 7.11. The van der Waals surface area contributed by atoms with E-state index in [1.165, 1.54) is 0 Å². The quantitative estimate of drug-likeness (QED) is 0.885. The van der Waals surface area contributed by atoms with Gasteiger partial charge in [0.1, 0.15) is 11.1 Å². The lowest BCUT2D eigenvalue weighted by Crippen LogP contribution is -2.44. The number of hydrogen-bond donors (Lipinski definition) is 2. The van der Waals surface area contributed by atoms with E-state index in [1.54, 1.807) is 11.3 Å². The third kappa shape index (κ3) is 5.55. The van der Waals surface area contributed by atoms with Crippen molar-refractivity contribution < 1.29 is 9.53 Å². The highest BCUT2D eigenvalue weighted by atomic mass is 32.1. The van der Waals surface area contributed by atoms with Gasteiger partial charge in [-0.1, -0.05) is 0 Å². The molecule has 2 rings (SSSR count). The van der Waals surface area contributed by atoms with Crippen LogP contribution in [0, 0.1) is 0 Å². The van der Waals surface area contributed by atoms with Crippen molar-refractivity contribution in [3.63, 3.8) is 0 Å². The Bertz CT molecular complexity index is 490. The number of amides is 1. The van der Waals surface area contributed by atoms with Crippen LogP contribution in [0.3, 0.4) is 0 Å². The predicted molar refractivity (Wildman–Crippen MR) is 87.7 cm³/mol. The first-order valence-corrected chi connectivity index (χ1v) is 8.52. The van der Waals surface area contributed by atoms with Gasteiger partial charge in [0.15, 0.2) is 0 Å². The van der Waals surface area contributed by atoms with Crippen LogP contribution in [0.5, 0.6) is 0 Å². The molecule has 0 aliphatic carbocycles. The molecule has 22 heavy (non-hydrogen) atoms. The zero-order valence-corrected chi connectivity index (χ0v) is 14.4. The van der Waals surface area contributed by atoms with Gasteiger partial charge < -0.3 is 15.8 Å². The molecule has 0 radical (unpaired) electrons. The zero-order chi connectivity index (χ0) is 16.2. The van der Waals surface area contributed by atoms with E-state index >= 15 is 0 Å². The van der Waals surface area contributed by atoms with Gasteiger partial charge in [-0.05, 0) is 33.6 Å². The summed E-state index contributed by atoms with van der Waals surface area (Å²) in [4.78, 5) is 19.6. The molecule has 0 bridgehead atoms. The van der Waals surface area contributed by atoms with Crippen LogP contribution >= 0.6 is 11.3 Å². The van der Waals surface area contributed by atoms with E-state index in [4.69, 9.17) is 10.5 Å². The van der Waals surface area contributed by atoms with Gasteiger partial charge in [-0.15, -0.1) is 11.3 Å². The fourth-order valence-corrected chi connectivity index (χ4v) is 3.22. The lowest BCUT2D eigenvalue weighted by molar-refractivity contribution is 0.0452. The Morgan fingerprint density at radius 3 is 2.73 bits per heavy atom. The number of nitrogens with zero attached hydrogens (tertiary/aromatic N) is 2. The van der Waals surface area contributed by atoms with E-state index in [0.717, 1.165) is 42.4 Å². The Hall–Kier alpha value is -1.18. The summed E-state index contributed by atoms with van der Waals surface area (Å²) in [6.45, 7) is 9.08. The van der Waals surface area contributed by atoms with E-state index in [9.17, 15) is 4.79 Å². The maximum absolute atomic E-state index is 11.8. The average molecular weight is 326 g/mol. The molecule has 0 aromatic carbocycles. The second kappa shape index (κ2) is 7.39. The average Bonchev–Trinajstić information content (AvgIpc) is 2.86. The molecular weight excluding hydrogens is 300 g/mol. The first kappa shape index (κ1) is 17.2. The summed E-state index contributed by atoms with van der Waals surface area (Å²) in [5.41, 5.74) is 5.35. The molecule has 1 aromatic heterocycles. The Morgan fingerprint density at radius 2 is 2.18 bits per heavy atom. The summed E-state index contributed by atoms with van der Waals surface area (Å²) in [6.07, 6.45) is 3.28. The van der Waals surface area contributed by atoms with Crippen LogP contribution in [0.1, 0.15) is 43.5 Å². The van der Waals surface area contributed by atoms with E-state index in [0.29, 0.717) is 6.54 Å². The Morgan fingerprint density at radius 1 is 1.50 bits per heavy atom. The maximum atomic E-state index is 11.8. The van der Waals surface area contributed by atoms with E-state index in [-0.39, 0.29) is 17.7 Å². The molecule has 7 heteroatoms. The molecule has 1 aliphatic rings. The third-order valence-electron chi connectivity index (χ3n) is 3.45. The van der Waals surface area contributed by atoms with Gasteiger partial charge in [0, 0.05) is 36.2 Å². The number of ether oxygens (including phenoxy) is 1. The number of likely N-dealkylation sites (tertiary alicyclic amines) is 1. The van der Waals surface area contributed by atoms with Crippen molar-refractivity contribution in [3.05, 3.63) is 16.1 Å². The fourth-order valence-electron chi connectivity index (χ4n) is 2.38. The molecule has 1 aromatic rings. The van der Waals surface area contributed by atoms with E-state index < -0.39 is 0 Å². The largest absolute Gasteiger partial charge is 0.446 e. The van der Waals surface area contributed by atoms with Gasteiger partial charge in [0.2, 0.25) is 0 Å². The molecule has 0 unspecified atom stereocenters. The van der Waals surface area contributed by atoms with Crippen LogP contribution in [-0.4, -0.2) is 40.7 Å². The number of piperidine rings is 1. The number of nitrogens with two attached hydrogens (primary N) is 1. The summed E-state index contributed by atoms with van der Waals surface area (Å²) in [5, 5.41) is 3.93. The van der Waals surface area contributed by atoms with Crippen molar-refractivity contribution >= 4 is 17.4 Å². The van der Waals surface area contributed by atoms with Crippen molar-refractivity contribution in [2.75, 3.05) is 13.1 Å². The summed E-state index contributed by atoms with van der Waals surface area (Å²) in [7, 11) is 0. The van der Waals surface area contributed by atoms with Gasteiger partial charge in [-0.2, -0.15) is 0 Å². The van der Waals surface area contributed by atoms with Gasteiger partial charge in [0.25, 0.3) is 0 Å². The van der Waals surface area contributed by atoms with Gasteiger partial charge >= 0.3 is 6.09 Å². The van der Waals surface area contributed by atoms with Crippen molar-refractivity contribution in [2.24, 2.45) is 5.73 Å². The summed E-state index contributed by atoms with van der Waals surface area (Å²) >= 11 is 1.67. The number of carbonyl (C=O) groups is 1. The Labute approximate surface area is 136 Å². The van der Waals surface area contributed by atoms with Gasteiger partial charge in [0.05, 0.1) is 6.54 Å². The first-order chi connectivity index (χ1) is 10.4. The van der Waals surface area contributed by atoms with Crippen molar-refractivity contribution in [3.8, 4) is 0 Å². The predicted octanol–water partition coefficient (Wildman–Crippen LogP) is 2.09. The zero-order valence-electron chi connectivity index (χ0n) is 13.6. The molecule has 1 fully saturated rings. The second-order valence-corrected chi connectivity index (χ2v) is 7.88. The minimum Gasteiger partial charge on any atom is -0.446 e. The number of nitrogens with one attached hydrogen (secondary N) is 1. The summed E-state index contributed by atoms with van der Waals surface area (Å²) in [6, 6.07) is 0. The van der Waals surface area contributed by atoms with Crippen LogP contribution in [0.25, 0.3) is 0 Å². The van der Waals surface area contributed by atoms with Crippen LogP contribution in [0.4, 0.5) is 4.79 Å². The molecule has 3 N–H and O–H groups in total. The standard InChI is InChI=1S/C15H26N4O2S/c1-15(2,3)18-14(20)21-11-4-6-19(7-5-11)10-13-17-9-12(8-16)22-13/h9,11H,4-8,10,16H2,1-3H3,(H,18,20).